The minimum absolute atomic E-state index is 0.0593. The first-order chi connectivity index (χ1) is 7.54. The molecule has 1 rings (SSSR count). The van der Waals surface area contributed by atoms with Crippen LogP contribution in [-0.2, 0) is 9.53 Å². The molecule has 94 valence electrons. The zero-order valence-corrected chi connectivity index (χ0v) is 11.9. The predicted molar refractivity (Wildman–Crippen MR) is 68.7 cm³/mol. The van der Waals surface area contributed by atoms with Gasteiger partial charge in [0, 0.05) is 11.4 Å². The standard InChI is InChI=1S/C12H22BrNO2/c1-8(2)10(6-7-13)14-12(15)11-5-4-9(3)16-11/h8-11H,4-7H2,1-3H3,(H,14,15). The van der Waals surface area contributed by atoms with Crippen molar-refractivity contribution >= 4 is 21.8 Å². The number of amides is 1. The average Bonchev–Trinajstić information content (AvgIpc) is 2.64. The molecule has 3 unspecified atom stereocenters. The van der Waals surface area contributed by atoms with E-state index in [4.69, 9.17) is 4.74 Å². The molecule has 0 aromatic carbocycles. The summed E-state index contributed by atoms with van der Waals surface area (Å²) >= 11 is 3.42. The third kappa shape index (κ3) is 4.06. The molecule has 4 heteroatoms. The molecule has 1 aliphatic rings. The molecule has 1 saturated heterocycles. The van der Waals surface area contributed by atoms with E-state index in [1.165, 1.54) is 0 Å². The van der Waals surface area contributed by atoms with Crippen LogP contribution in [0.15, 0.2) is 0 Å². The van der Waals surface area contributed by atoms with Gasteiger partial charge in [0.2, 0.25) is 5.91 Å². The first-order valence-electron chi connectivity index (χ1n) is 6.06. The summed E-state index contributed by atoms with van der Waals surface area (Å²) in [4.78, 5) is 11.9. The number of carbonyl (C=O) groups is 1. The lowest BCUT2D eigenvalue weighted by Gasteiger charge is -2.23. The summed E-state index contributed by atoms with van der Waals surface area (Å²) in [5, 5.41) is 4.00. The molecule has 3 nitrogen and oxygen atoms in total. The highest BCUT2D eigenvalue weighted by molar-refractivity contribution is 9.09. The Kier molecular flexibility index (Phi) is 5.76. The largest absolute Gasteiger partial charge is 0.365 e. The van der Waals surface area contributed by atoms with Gasteiger partial charge >= 0.3 is 0 Å². The van der Waals surface area contributed by atoms with Gasteiger partial charge in [-0.2, -0.15) is 0 Å². The van der Waals surface area contributed by atoms with Gasteiger partial charge in [-0.1, -0.05) is 29.8 Å². The van der Waals surface area contributed by atoms with Crippen LogP contribution in [0, 0.1) is 5.92 Å². The van der Waals surface area contributed by atoms with Crippen LogP contribution in [0.4, 0.5) is 0 Å². The van der Waals surface area contributed by atoms with Gasteiger partial charge in [-0.25, -0.2) is 0 Å². The predicted octanol–water partition coefficient (Wildman–Crippen LogP) is 2.48. The summed E-state index contributed by atoms with van der Waals surface area (Å²) < 4.78 is 5.56. The molecule has 0 aromatic heterocycles. The van der Waals surface area contributed by atoms with Gasteiger partial charge in [-0.3, -0.25) is 4.79 Å². The van der Waals surface area contributed by atoms with Crippen molar-refractivity contribution in [1.29, 1.82) is 0 Å². The SMILES string of the molecule is CC1CCC(C(=O)NC(CCBr)C(C)C)O1. The zero-order valence-electron chi connectivity index (χ0n) is 10.3. The maximum Gasteiger partial charge on any atom is 0.249 e. The molecule has 0 spiro atoms. The minimum atomic E-state index is -0.230. The summed E-state index contributed by atoms with van der Waals surface area (Å²) in [7, 11) is 0. The van der Waals surface area contributed by atoms with Crippen molar-refractivity contribution < 1.29 is 9.53 Å². The molecular formula is C12H22BrNO2. The van der Waals surface area contributed by atoms with Crippen molar-refractivity contribution in [3.8, 4) is 0 Å². The molecule has 0 radical (unpaired) electrons. The van der Waals surface area contributed by atoms with E-state index in [2.05, 4.69) is 35.1 Å². The maximum atomic E-state index is 11.9. The Morgan fingerprint density at radius 2 is 2.19 bits per heavy atom. The van der Waals surface area contributed by atoms with Crippen LogP contribution in [0.25, 0.3) is 0 Å². The van der Waals surface area contributed by atoms with Crippen molar-refractivity contribution in [2.45, 2.75) is 58.3 Å². The molecule has 0 aromatic rings. The Labute approximate surface area is 106 Å². The van der Waals surface area contributed by atoms with Gasteiger partial charge in [0.05, 0.1) is 6.10 Å². The van der Waals surface area contributed by atoms with Gasteiger partial charge in [0.1, 0.15) is 6.10 Å². The lowest BCUT2D eigenvalue weighted by molar-refractivity contribution is -0.132. The molecule has 1 heterocycles. The van der Waals surface area contributed by atoms with Crippen molar-refractivity contribution in [3.63, 3.8) is 0 Å². The van der Waals surface area contributed by atoms with E-state index >= 15 is 0 Å². The lowest BCUT2D eigenvalue weighted by Crippen LogP contribution is -2.44. The summed E-state index contributed by atoms with van der Waals surface area (Å²) in [6, 6.07) is 0.242. The van der Waals surface area contributed by atoms with Gasteiger partial charge in [-0.15, -0.1) is 0 Å². The number of rotatable bonds is 5. The number of carbonyl (C=O) groups excluding carboxylic acids is 1. The third-order valence-corrected chi connectivity index (χ3v) is 3.53. The summed E-state index contributed by atoms with van der Waals surface area (Å²) in [5.74, 6) is 0.518. The Bertz CT molecular complexity index is 233. The van der Waals surface area contributed by atoms with Crippen LogP contribution in [-0.4, -0.2) is 29.5 Å². The molecule has 3 atom stereocenters. The van der Waals surface area contributed by atoms with Crippen LogP contribution in [0.1, 0.15) is 40.0 Å². The summed E-state index contributed by atoms with van der Waals surface area (Å²) in [6.45, 7) is 6.28. The van der Waals surface area contributed by atoms with Gasteiger partial charge in [0.25, 0.3) is 0 Å². The molecule has 1 aliphatic heterocycles. The van der Waals surface area contributed by atoms with Gasteiger partial charge in [0.15, 0.2) is 0 Å². The van der Waals surface area contributed by atoms with E-state index in [9.17, 15) is 4.79 Å². The maximum absolute atomic E-state index is 11.9. The van der Waals surface area contributed by atoms with Crippen molar-refractivity contribution in [2.75, 3.05) is 5.33 Å². The van der Waals surface area contributed by atoms with Crippen LogP contribution in [0.3, 0.4) is 0 Å². The molecule has 16 heavy (non-hydrogen) atoms. The molecule has 0 aliphatic carbocycles. The van der Waals surface area contributed by atoms with Crippen molar-refractivity contribution in [2.24, 2.45) is 5.92 Å². The fourth-order valence-corrected chi connectivity index (χ4v) is 2.45. The second kappa shape index (κ2) is 6.60. The van der Waals surface area contributed by atoms with Crippen LogP contribution in [0.5, 0.6) is 0 Å². The van der Waals surface area contributed by atoms with E-state index < -0.39 is 0 Å². The minimum Gasteiger partial charge on any atom is -0.365 e. The van der Waals surface area contributed by atoms with Gasteiger partial charge in [-0.05, 0) is 32.1 Å². The molecule has 1 fully saturated rings. The lowest BCUT2D eigenvalue weighted by atomic mass is 10.0. The smallest absolute Gasteiger partial charge is 0.249 e. The number of halogens is 1. The zero-order chi connectivity index (χ0) is 12.1. The highest BCUT2D eigenvalue weighted by Crippen LogP contribution is 2.19. The molecule has 0 bridgehead atoms. The van der Waals surface area contributed by atoms with E-state index in [-0.39, 0.29) is 24.2 Å². The number of hydrogen-bond donors (Lipinski definition) is 1. The Balaban J connectivity index is 2.42. The monoisotopic (exact) mass is 291 g/mol. The van der Waals surface area contributed by atoms with Gasteiger partial charge < -0.3 is 10.1 Å². The molecule has 1 amide bonds. The normalized spacial score (nSPS) is 27.1. The first-order valence-corrected chi connectivity index (χ1v) is 7.18. The van der Waals surface area contributed by atoms with E-state index in [1.807, 2.05) is 6.92 Å². The average molecular weight is 292 g/mol. The fraction of sp³-hybridized carbons (Fsp3) is 0.917. The summed E-state index contributed by atoms with van der Waals surface area (Å²) in [5.41, 5.74) is 0. The fourth-order valence-electron chi connectivity index (χ4n) is 1.96. The molecule has 0 saturated carbocycles. The number of hydrogen-bond acceptors (Lipinski definition) is 2. The topological polar surface area (TPSA) is 38.3 Å². The Hall–Kier alpha value is -0.0900. The van der Waals surface area contributed by atoms with E-state index in [0.717, 1.165) is 24.6 Å². The highest BCUT2D eigenvalue weighted by atomic mass is 79.9. The quantitative estimate of drug-likeness (QED) is 0.791. The molecule has 1 N–H and O–H groups in total. The highest BCUT2D eigenvalue weighted by Gasteiger charge is 2.29. The Morgan fingerprint density at radius 3 is 2.62 bits per heavy atom. The summed E-state index contributed by atoms with van der Waals surface area (Å²) in [6.07, 6.45) is 2.80. The number of nitrogens with one attached hydrogen (secondary N) is 1. The van der Waals surface area contributed by atoms with Crippen molar-refractivity contribution in [3.05, 3.63) is 0 Å². The second-order valence-corrected chi connectivity index (χ2v) is 5.64. The van der Waals surface area contributed by atoms with Crippen LogP contribution in [0.2, 0.25) is 0 Å². The molecular weight excluding hydrogens is 270 g/mol. The Morgan fingerprint density at radius 1 is 1.50 bits per heavy atom. The van der Waals surface area contributed by atoms with E-state index in [1.54, 1.807) is 0 Å². The van der Waals surface area contributed by atoms with Crippen LogP contribution < -0.4 is 5.32 Å². The second-order valence-electron chi connectivity index (χ2n) is 4.85. The van der Waals surface area contributed by atoms with E-state index in [0.29, 0.717) is 5.92 Å². The van der Waals surface area contributed by atoms with Crippen molar-refractivity contribution in [1.82, 2.24) is 5.32 Å². The first kappa shape index (κ1) is 14.0. The van der Waals surface area contributed by atoms with Crippen LogP contribution >= 0.6 is 15.9 Å². The number of ether oxygens (including phenoxy) is 1. The number of alkyl halides is 1. The third-order valence-electron chi connectivity index (χ3n) is 3.08.